The predicted octanol–water partition coefficient (Wildman–Crippen LogP) is 2.88. The van der Waals surface area contributed by atoms with Crippen molar-refractivity contribution in [1.82, 2.24) is 5.32 Å². The molecule has 1 rings (SSSR count). The Morgan fingerprint density at radius 3 is 2.23 bits per heavy atom. The molecule has 0 heterocycles. The summed E-state index contributed by atoms with van der Waals surface area (Å²) in [7, 11) is 0. The summed E-state index contributed by atoms with van der Waals surface area (Å²) in [6, 6.07) is 2.06. The first-order valence-corrected chi connectivity index (χ1v) is 6.71. The number of halogens is 2. The van der Waals surface area contributed by atoms with E-state index >= 15 is 0 Å². The molecule has 0 bridgehead atoms. The minimum atomic E-state index is -1.14. The van der Waals surface area contributed by atoms with Crippen molar-refractivity contribution in [3.05, 3.63) is 35.4 Å². The Labute approximate surface area is 127 Å². The third-order valence-corrected chi connectivity index (χ3v) is 2.55. The minimum absolute atomic E-state index is 0.0276. The van der Waals surface area contributed by atoms with Gasteiger partial charge in [-0.1, -0.05) is 0 Å². The molecule has 22 heavy (non-hydrogen) atoms. The summed E-state index contributed by atoms with van der Waals surface area (Å²) in [6.45, 7) is 5.00. The molecular formula is C15H19F2NO4. The zero-order valence-corrected chi connectivity index (χ0v) is 12.7. The highest BCUT2D eigenvalue weighted by atomic mass is 19.1. The number of hydrogen-bond donors (Lipinski definition) is 2. The number of carboxylic acid groups (broad SMARTS) is 1. The standard InChI is InChI=1S/C15H19F2NO4/c1-15(2,3)22-14(21)18-12(8-13(19)20)6-9-4-10(16)7-11(17)5-9/h4-5,7,12H,6,8H2,1-3H3,(H,18,21)(H,19,20)/t12-/m0/s1. The van der Waals surface area contributed by atoms with Crippen molar-refractivity contribution < 1.29 is 28.2 Å². The average molecular weight is 315 g/mol. The van der Waals surface area contributed by atoms with E-state index in [1.807, 2.05) is 0 Å². The SMILES string of the molecule is CC(C)(C)OC(=O)N[C@H](CC(=O)O)Cc1cc(F)cc(F)c1. The molecule has 0 saturated carbocycles. The highest BCUT2D eigenvalue weighted by Crippen LogP contribution is 2.13. The Morgan fingerprint density at radius 2 is 1.77 bits per heavy atom. The van der Waals surface area contributed by atoms with Crippen LogP contribution in [0.5, 0.6) is 0 Å². The molecule has 122 valence electrons. The van der Waals surface area contributed by atoms with Crippen LogP contribution in [0.15, 0.2) is 18.2 Å². The maximum Gasteiger partial charge on any atom is 0.407 e. The molecule has 0 radical (unpaired) electrons. The van der Waals surface area contributed by atoms with Crippen molar-refractivity contribution in [2.45, 2.75) is 45.3 Å². The van der Waals surface area contributed by atoms with Gasteiger partial charge in [-0.2, -0.15) is 0 Å². The van der Waals surface area contributed by atoms with E-state index in [4.69, 9.17) is 9.84 Å². The normalized spacial score (nSPS) is 12.6. The Kier molecular flexibility index (Phi) is 5.84. The first-order valence-electron chi connectivity index (χ1n) is 6.71. The van der Waals surface area contributed by atoms with E-state index in [1.54, 1.807) is 20.8 Å². The molecule has 0 aromatic heterocycles. The van der Waals surface area contributed by atoms with Crippen LogP contribution in [0.2, 0.25) is 0 Å². The molecule has 1 atom stereocenters. The largest absolute Gasteiger partial charge is 0.481 e. The number of rotatable bonds is 5. The number of alkyl carbamates (subject to hydrolysis) is 1. The van der Waals surface area contributed by atoms with Gasteiger partial charge in [-0.3, -0.25) is 4.79 Å². The third kappa shape index (κ3) is 7.01. The topological polar surface area (TPSA) is 75.6 Å². The fourth-order valence-electron chi connectivity index (χ4n) is 1.87. The smallest absolute Gasteiger partial charge is 0.407 e. The molecule has 0 aliphatic heterocycles. The van der Waals surface area contributed by atoms with Crippen molar-refractivity contribution in [2.75, 3.05) is 0 Å². The first kappa shape index (κ1) is 17.9. The van der Waals surface area contributed by atoms with Gasteiger partial charge in [0.2, 0.25) is 0 Å². The number of carbonyl (C=O) groups is 2. The molecule has 0 aliphatic rings. The van der Waals surface area contributed by atoms with Crippen LogP contribution in [0, 0.1) is 11.6 Å². The van der Waals surface area contributed by atoms with Crippen LogP contribution in [0.25, 0.3) is 0 Å². The van der Waals surface area contributed by atoms with E-state index in [0.717, 1.165) is 18.2 Å². The van der Waals surface area contributed by atoms with Crippen molar-refractivity contribution in [3.63, 3.8) is 0 Å². The number of ether oxygens (including phenoxy) is 1. The monoisotopic (exact) mass is 315 g/mol. The van der Waals surface area contributed by atoms with Crippen molar-refractivity contribution >= 4 is 12.1 Å². The fourth-order valence-corrected chi connectivity index (χ4v) is 1.87. The van der Waals surface area contributed by atoms with E-state index in [-0.39, 0.29) is 12.0 Å². The lowest BCUT2D eigenvalue weighted by molar-refractivity contribution is -0.137. The average Bonchev–Trinajstić information content (AvgIpc) is 2.22. The van der Waals surface area contributed by atoms with Crippen LogP contribution in [0.4, 0.5) is 13.6 Å². The van der Waals surface area contributed by atoms with Gasteiger partial charge >= 0.3 is 12.1 Å². The lowest BCUT2D eigenvalue weighted by Gasteiger charge is -2.23. The highest BCUT2D eigenvalue weighted by molar-refractivity contribution is 5.71. The fraction of sp³-hybridized carbons (Fsp3) is 0.467. The van der Waals surface area contributed by atoms with Gasteiger partial charge in [0.1, 0.15) is 17.2 Å². The Balaban J connectivity index is 2.80. The van der Waals surface area contributed by atoms with E-state index < -0.39 is 41.8 Å². The number of nitrogens with one attached hydrogen (secondary N) is 1. The van der Waals surface area contributed by atoms with E-state index in [2.05, 4.69) is 5.32 Å². The number of hydrogen-bond acceptors (Lipinski definition) is 3. The summed E-state index contributed by atoms with van der Waals surface area (Å²) in [4.78, 5) is 22.6. The molecule has 0 spiro atoms. The van der Waals surface area contributed by atoms with Crippen LogP contribution in [0.3, 0.4) is 0 Å². The van der Waals surface area contributed by atoms with E-state index in [1.165, 1.54) is 0 Å². The Bertz CT molecular complexity index is 535. The second-order valence-electron chi connectivity index (χ2n) is 5.92. The zero-order valence-electron chi connectivity index (χ0n) is 12.7. The minimum Gasteiger partial charge on any atom is -0.481 e. The number of carboxylic acids is 1. The summed E-state index contributed by atoms with van der Waals surface area (Å²) in [5, 5.41) is 11.3. The first-order chi connectivity index (χ1) is 10.0. The number of carbonyl (C=O) groups excluding carboxylic acids is 1. The maximum absolute atomic E-state index is 13.2. The molecule has 0 unspecified atom stereocenters. The van der Waals surface area contributed by atoms with Gasteiger partial charge in [0, 0.05) is 12.1 Å². The van der Waals surface area contributed by atoms with Gasteiger partial charge in [0.05, 0.1) is 6.42 Å². The molecule has 0 fully saturated rings. The van der Waals surface area contributed by atoms with Crippen LogP contribution in [-0.2, 0) is 16.0 Å². The number of amides is 1. The number of benzene rings is 1. The van der Waals surface area contributed by atoms with Crippen molar-refractivity contribution in [2.24, 2.45) is 0 Å². The van der Waals surface area contributed by atoms with Gasteiger partial charge < -0.3 is 15.2 Å². The summed E-state index contributed by atoms with van der Waals surface area (Å²) < 4.78 is 31.4. The third-order valence-electron chi connectivity index (χ3n) is 2.55. The Morgan fingerprint density at radius 1 is 1.23 bits per heavy atom. The number of aliphatic carboxylic acids is 1. The summed E-state index contributed by atoms with van der Waals surface area (Å²) in [5.74, 6) is -2.67. The Hall–Kier alpha value is -2.18. The molecule has 1 aromatic rings. The molecular weight excluding hydrogens is 296 g/mol. The van der Waals surface area contributed by atoms with Gasteiger partial charge in [0.25, 0.3) is 0 Å². The highest BCUT2D eigenvalue weighted by Gasteiger charge is 2.21. The van der Waals surface area contributed by atoms with Gasteiger partial charge in [-0.25, -0.2) is 13.6 Å². The second-order valence-corrected chi connectivity index (χ2v) is 5.92. The second kappa shape index (κ2) is 7.20. The van der Waals surface area contributed by atoms with Crippen LogP contribution in [-0.4, -0.2) is 28.8 Å². The summed E-state index contributed by atoms with van der Waals surface area (Å²) >= 11 is 0. The molecule has 0 saturated heterocycles. The molecule has 2 N–H and O–H groups in total. The van der Waals surface area contributed by atoms with Gasteiger partial charge in [0.15, 0.2) is 0 Å². The van der Waals surface area contributed by atoms with Crippen LogP contribution >= 0.6 is 0 Å². The molecule has 7 heteroatoms. The summed E-state index contributed by atoms with van der Waals surface area (Å²) in [6.07, 6.45) is -1.20. The van der Waals surface area contributed by atoms with Crippen molar-refractivity contribution in [3.8, 4) is 0 Å². The lowest BCUT2D eigenvalue weighted by atomic mass is 10.0. The molecule has 5 nitrogen and oxygen atoms in total. The molecule has 1 aromatic carbocycles. The van der Waals surface area contributed by atoms with E-state index in [0.29, 0.717) is 0 Å². The van der Waals surface area contributed by atoms with Gasteiger partial charge in [-0.05, 0) is 44.9 Å². The zero-order chi connectivity index (χ0) is 16.9. The summed E-state index contributed by atoms with van der Waals surface area (Å²) in [5.41, 5.74) is -0.483. The predicted molar refractivity (Wildman–Crippen MR) is 75.5 cm³/mol. The van der Waals surface area contributed by atoms with Gasteiger partial charge in [-0.15, -0.1) is 0 Å². The van der Waals surface area contributed by atoms with Crippen molar-refractivity contribution in [1.29, 1.82) is 0 Å². The quantitative estimate of drug-likeness (QED) is 0.876. The van der Waals surface area contributed by atoms with E-state index in [9.17, 15) is 18.4 Å². The lowest BCUT2D eigenvalue weighted by Crippen LogP contribution is -2.41. The maximum atomic E-state index is 13.2. The van der Waals surface area contributed by atoms with Crippen LogP contribution < -0.4 is 5.32 Å². The van der Waals surface area contributed by atoms with Crippen LogP contribution in [0.1, 0.15) is 32.8 Å². The molecule has 0 aliphatic carbocycles. The molecule has 1 amide bonds.